The molecule has 5 nitrogen and oxygen atoms in total. The smallest absolute Gasteiger partial charge is 0.174 e. The van der Waals surface area contributed by atoms with Crippen molar-refractivity contribution in [3.05, 3.63) is 23.1 Å². The van der Waals surface area contributed by atoms with Crippen molar-refractivity contribution < 1.29 is 9.47 Å². The van der Waals surface area contributed by atoms with Crippen molar-refractivity contribution in [3.8, 4) is 11.5 Å². The number of hydrogen-bond donors (Lipinski definition) is 0. The summed E-state index contributed by atoms with van der Waals surface area (Å²) < 4.78 is 11.7. The van der Waals surface area contributed by atoms with Gasteiger partial charge in [0.15, 0.2) is 11.5 Å². The van der Waals surface area contributed by atoms with E-state index in [4.69, 9.17) is 21.1 Å². The van der Waals surface area contributed by atoms with Crippen LogP contribution in [0.15, 0.2) is 12.4 Å². The van der Waals surface area contributed by atoms with Crippen LogP contribution in [0, 0.1) is 0 Å². The summed E-state index contributed by atoms with van der Waals surface area (Å²) in [6.07, 6.45) is 7.29. The molecule has 130 valence electrons. The molecule has 2 aromatic rings. The zero-order valence-electron chi connectivity index (χ0n) is 14.3. The summed E-state index contributed by atoms with van der Waals surface area (Å²) >= 11 is 6.24. The second kappa shape index (κ2) is 7.99. The van der Waals surface area contributed by atoms with Gasteiger partial charge in [0.2, 0.25) is 0 Å². The van der Waals surface area contributed by atoms with Gasteiger partial charge < -0.3 is 14.4 Å². The number of unbranched alkanes of at least 4 members (excludes halogenated alkanes) is 3. The van der Waals surface area contributed by atoms with E-state index < -0.39 is 0 Å². The van der Waals surface area contributed by atoms with Gasteiger partial charge in [-0.15, -0.1) is 0 Å². The van der Waals surface area contributed by atoms with Crippen LogP contribution >= 0.6 is 11.6 Å². The fourth-order valence-corrected chi connectivity index (χ4v) is 3.28. The van der Waals surface area contributed by atoms with Crippen molar-refractivity contribution in [2.45, 2.75) is 32.1 Å². The van der Waals surface area contributed by atoms with Crippen LogP contribution in [0.5, 0.6) is 11.5 Å². The van der Waals surface area contributed by atoms with Gasteiger partial charge in [0, 0.05) is 5.56 Å². The van der Waals surface area contributed by atoms with Crippen molar-refractivity contribution in [1.82, 2.24) is 14.9 Å². The molecule has 0 saturated heterocycles. The first-order valence-corrected chi connectivity index (χ1v) is 8.91. The summed E-state index contributed by atoms with van der Waals surface area (Å²) in [7, 11) is 4.23. The monoisotopic (exact) mass is 349 g/mol. The molecule has 0 atom stereocenters. The van der Waals surface area contributed by atoms with E-state index in [1.165, 1.54) is 25.6 Å². The molecule has 0 saturated carbocycles. The first kappa shape index (κ1) is 17.2. The molecule has 2 heterocycles. The van der Waals surface area contributed by atoms with Crippen molar-refractivity contribution in [2.24, 2.45) is 0 Å². The molecule has 0 spiro atoms. The number of hydrogen-bond acceptors (Lipinski definition) is 5. The lowest BCUT2D eigenvalue weighted by molar-refractivity contribution is 0.172. The van der Waals surface area contributed by atoms with E-state index in [9.17, 15) is 0 Å². The van der Waals surface area contributed by atoms with Crippen LogP contribution in [0.3, 0.4) is 0 Å². The van der Waals surface area contributed by atoms with Crippen molar-refractivity contribution in [1.29, 1.82) is 0 Å². The molecule has 6 heteroatoms. The van der Waals surface area contributed by atoms with Crippen molar-refractivity contribution in [2.75, 3.05) is 33.9 Å². The molecular formula is C18H24ClN3O2. The van der Waals surface area contributed by atoms with Crippen LogP contribution in [0.25, 0.3) is 10.9 Å². The van der Waals surface area contributed by atoms with Crippen LogP contribution < -0.4 is 9.47 Å². The maximum Gasteiger partial charge on any atom is 0.174 e. The minimum Gasteiger partial charge on any atom is -0.486 e. The topological polar surface area (TPSA) is 47.5 Å². The van der Waals surface area contributed by atoms with E-state index in [2.05, 4.69) is 35.0 Å². The normalized spacial score (nSPS) is 13.7. The largest absolute Gasteiger partial charge is 0.486 e. The SMILES string of the molecule is CN(C)CCCCCCc1cc2ncnc(Cl)c2c2c1OCCO2. The Morgan fingerprint density at radius 3 is 2.58 bits per heavy atom. The van der Waals surface area contributed by atoms with Crippen LogP contribution in [0.2, 0.25) is 5.15 Å². The average molecular weight is 350 g/mol. The highest BCUT2D eigenvalue weighted by atomic mass is 35.5. The van der Waals surface area contributed by atoms with Crippen LogP contribution in [-0.4, -0.2) is 48.7 Å². The Hall–Kier alpha value is -1.59. The molecule has 1 aliphatic heterocycles. The van der Waals surface area contributed by atoms with Crippen molar-refractivity contribution in [3.63, 3.8) is 0 Å². The summed E-state index contributed by atoms with van der Waals surface area (Å²) in [5.41, 5.74) is 1.97. The maximum atomic E-state index is 6.24. The van der Waals surface area contributed by atoms with Gasteiger partial charge in [-0.3, -0.25) is 0 Å². The lowest BCUT2D eigenvalue weighted by Crippen LogP contribution is -2.17. The highest BCUT2D eigenvalue weighted by Gasteiger charge is 2.22. The fourth-order valence-electron chi connectivity index (χ4n) is 3.05. The molecular weight excluding hydrogens is 326 g/mol. The average Bonchev–Trinajstić information content (AvgIpc) is 2.57. The Balaban J connectivity index is 1.74. The predicted octanol–water partition coefficient (Wildman–Crippen LogP) is 3.72. The number of nitrogens with zero attached hydrogens (tertiary/aromatic N) is 3. The van der Waals surface area contributed by atoms with Crippen LogP contribution in [-0.2, 0) is 6.42 Å². The second-order valence-corrected chi connectivity index (χ2v) is 6.77. The lowest BCUT2D eigenvalue weighted by atomic mass is 10.0. The van der Waals surface area contributed by atoms with E-state index in [0.29, 0.717) is 24.1 Å². The zero-order chi connectivity index (χ0) is 16.9. The summed E-state index contributed by atoms with van der Waals surface area (Å²) in [5, 5.41) is 1.17. The van der Waals surface area contributed by atoms with Crippen LogP contribution in [0.1, 0.15) is 31.2 Å². The molecule has 1 aromatic heterocycles. The third kappa shape index (κ3) is 3.90. The van der Waals surface area contributed by atoms with Gasteiger partial charge in [-0.2, -0.15) is 0 Å². The number of aryl methyl sites for hydroxylation is 1. The molecule has 0 fully saturated rings. The minimum atomic E-state index is 0.414. The maximum absolute atomic E-state index is 6.24. The zero-order valence-corrected chi connectivity index (χ0v) is 15.1. The Kier molecular flexibility index (Phi) is 5.74. The molecule has 0 bridgehead atoms. The molecule has 0 amide bonds. The van der Waals surface area contributed by atoms with Gasteiger partial charge >= 0.3 is 0 Å². The van der Waals surface area contributed by atoms with E-state index in [-0.39, 0.29) is 0 Å². The van der Waals surface area contributed by atoms with Gasteiger partial charge in [0.05, 0.1) is 10.9 Å². The Bertz CT molecular complexity index is 706. The highest BCUT2D eigenvalue weighted by molar-refractivity contribution is 6.34. The molecule has 0 aliphatic carbocycles. The number of rotatable bonds is 7. The number of halogens is 1. The predicted molar refractivity (Wildman–Crippen MR) is 96.3 cm³/mol. The van der Waals surface area contributed by atoms with Gasteiger partial charge in [-0.1, -0.05) is 24.4 Å². The Labute approximate surface area is 147 Å². The summed E-state index contributed by atoms with van der Waals surface area (Å²) in [6, 6.07) is 2.07. The van der Waals surface area contributed by atoms with E-state index in [1.54, 1.807) is 0 Å². The summed E-state index contributed by atoms with van der Waals surface area (Å²) in [5.74, 6) is 1.52. The third-order valence-electron chi connectivity index (χ3n) is 4.24. The van der Waals surface area contributed by atoms with Gasteiger partial charge in [0.25, 0.3) is 0 Å². The number of ether oxygens (including phenoxy) is 2. The molecule has 1 aliphatic rings. The van der Waals surface area contributed by atoms with E-state index in [1.807, 2.05) is 0 Å². The molecule has 0 N–H and O–H groups in total. The van der Waals surface area contributed by atoms with Gasteiger partial charge in [-0.05, 0) is 46.0 Å². The third-order valence-corrected chi connectivity index (χ3v) is 4.53. The number of aromatic nitrogens is 2. The first-order valence-electron chi connectivity index (χ1n) is 8.53. The fraction of sp³-hybridized carbons (Fsp3) is 0.556. The highest BCUT2D eigenvalue weighted by Crippen LogP contribution is 2.43. The quantitative estimate of drug-likeness (QED) is 0.563. The van der Waals surface area contributed by atoms with Gasteiger partial charge in [-0.25, -0.2) is 9.97 Å². The molecule has 3 rings (SSSR count). The van der Waals surface area contributed by atoms with E-state index in [0.717, 1.165) is 41.6 Å². The van der Waals surface area contributed by atoms with Crippen LogP contribution in [0.4, 0.5) is 0 Å². The molecule has 1 aromatic carbocycles. The second-order valence-electron chi connectivity index (χ2n) is 6.42. The lowest BCUT2D eigenvalue weighted by Gasteiger charge is -2.23. The van der Waals surface area contributed by atoms with E-state index >= 15 is 0 Å². The molecule has 0 radical (unpaired) electrons. The van der Waals surface area contributed by atoms with Gasteiger partial charge in [0.1, 0.15) is 24.7 Å². The summed E-state index contributed by atoms with van der Waals surface area (Å²) in [6.45, 7) is 2.25. The number of benzene rings is 1. The summed E-state index contributed by atoms with van der Waals surface area (Å²) in [4.78, 5) is 10.7. The minimum absolute atomic E-state index is 0.414. The number of fused-ring (bicyclic) bond motifs is 3. The standard InChI is InChI=1S/C18H24ClN3O2/c1-22(2)8-6-4-3-5-7-13-11-14-15(18(19)21-12-20-14)17-16(13)23-9-10-24-17/h11-12H,3-10H2,1-2H3. The first-order chi connectivity index (χ1) is 11.7. The van der Waals surface area contributed by atoms with Crippen molar-refractivity contribution >= 4 is 22.5 Å². The Morgan fingerprint density at radius 2 is 1.79 bits per heavy atom. The molecule has 0 unspecified atom stereocenters. The molecule has 24 heavy (non-hydrogen) atoms. The Morgan fingerprint density at radius 1 is 1.04 bits per heavy atom.